The normalized spacial score (nSPS) is 22.6. The molecule has 0 spiro atoms. The molecule has 2 aliphatic rings. The molecule has 1 saturated carbocycles. The van der Waals surface area contributed by atoms with Crippen molar-refractivity contribution in [1.82, 2.24) is 19.7 Å². The highest BCUT2D eigenvalue weighted by atomic mass is 32.3. The standard InChI is InChI=1S/C20H28N4O6S4/c25-20(30-15-6-2-1-3-7-15)21-14-24-12-16(22-33(26,27)18-8-4-10-31-18)17(13-24)23-34(28,29)19-9-5-11-32-19/h4-5,8-11,15-17,22-23H,1-3,6-7,12-14H2,(H,21,25)/t16-,17-/m0/s1. The minimum atomic E-state index is -3.82. The molecular formula is C20H28N4O6S4. The number of amides is 1. The first-order chi connectivity index (χ1) is 16.2. The van der Waals surface area contributed by atoms with E-state index in [0.29, 0.717) is 0 Å². The first kappa shape index (κ1) is 25.5. The van der Waals surface area contributed by atoms with E-state index in [4.69, 9.17) is 4.74 Å². The summed E-state index contributed by atoms with van der Waals surface area (Å²) >= 11 is 2.16. The van der Waals surface area contributed by atoms with Crippen molar-refractivity contribution in [2.45, 2.75) is 58.7 Å². The van der Waals surface area contributed by atoms with Gasteiger partial charge in [-0.2, -0.15) is 0 Å². The summed E-state index contributed by atoms with van der Waals surface area (Å²) in [4.78, 5) is 14.0. The summed E-state index contributed by atoms with van der Waals surface area (Å²) in [6.45, 7) is 0.540. The second kappa shape index (κ2) is 11.0. The third kappa shape index (κ3) is 6.56. The number of carbonyl (C=O) groups is 1. The van der Waals surface area contributed by atoms with E-state index in [9.17, 15) is 21.6 Å². The molecule has 0 radical (unpaired) electrons. The number of likely N-dealkylation sites (tertiary alicyclic amines) is 1. The first-order valence-electron chi connectivity index (χ1n) is 11.0. The molecule has 34 heavy (non-hydrogen) atoms. The van der Waals surface area contributed by atoms with Gasteiger partial charge in [0.15, 0.2) is 0 Å². The van der Waals surface area contributed by atoms with Gasteiger partial charge in [0.2, 0.25) is 20.0 Å². The van der Waals surface area contributed by atoms with Crippen LogP contribution in [0.4, 0.5) is 4.79 Å². The molecule has 2 atom stereocenters. The fraction of sp³-hybridized carbons (Fsp3) is 0.550. The van der Waals surface area contributed by atoms with Gasteiger partial charge in [-0.1, -0.05) is 18.6 Å². The zero-order chi connectivity index (χ0) is 24.2. The Kier molecular flexibility index (Phi) is 8.28. The average Bonchev–Trinajstić information content (AvgIpc) is 3.56. The molecule has 0 aromatic carbocycles. The maximum atomic E-state index is 12.8. The Balaban J connectivity index is 1.41. The number of nitrogens with zero attached hydrogens (tertiary/aromatic N) is 1. The van der Waals surface area contributed by atoms with Crippen molar-refractivity contribution >= 4 is 48.8 Å². The Morgan fingerprint density at radius 1 is 0.912 bits per heavy atom. The highest BCUT2D eigenvalue weighted by molar-refractivity contribution is 7.92. The van der Waals surface area contributed by atoms with E-state index in [1.165, 1.54) is 12.1 Å². The lowest BCUT2D eigenvalue weighted by Gasteiger charge is -2.23. The lowest BCUT2D eigenvalue weighted by Crippen LogP contribution is -2.50. The smallest absolute Gasteiger partial charge is 0.408 e. The van der Waals surface area contributed by atoms with Gasteiger partial charge < -0.3 is 10.1 Å². The zero-order valence-corrected chi connectivity index (χ0v) is 21.6. The van der Waals surface area contributed by atoms with Crippen molar-refractivity contribution in [2.24, 2.45) is 0 Å². The van der Waals surface area contributed by atoms with Crippen LogP contribution < -0.4 is 14.8 Å². The van der Waals surface area contributed by atoms with Gasteiger partial charge in [-0.15, -0.1) is 22.7 Å². The van der Waals surface area contributed by atoms with Crippen LogP contribution in [0.1, 0.15) is 32.1 Å². The number of alkyl carbamates (subject to hydrolysis) is 1. The maximum absolute atomic E-state index is 12.8. The molecule has 1 aliphatic carbocycles. The first-order valence-corrected chi connectivity index (χ1v) is 15.7. The SMILES string of the molecule is O=C(NCN1C[C@H](NS(=O)(=O)c2cccs2)[C@@H](NS(=O)(=O)c2cccs2)C1)OC1CCCCC1. The van der Waals surface area contributed by atoms with E-state index in [2.05, 4.69) is 14.8 Å². The molecule has 1 saturated heterocycles. The van der Waals surface area contributed by atoms with Crippen LogP contribution >= 0.6 is 22.7 Å². The Hall–Kier alpha value is -1.55. The highest BCUT2D eigenvalue weighted by Crippen LogP contribution is 2.22. The second-order valence-corrected chi connectivity index (χ2v) is 14.1. The fourth-order valence-corrected chi connectivity index (χ4v) is 8.71. The molecule has 2 fully saturated rings. The molecule has 1 aliphatic heterocycles. The van der Waals surface area contributed by atoms with Gasteiger partial charge in [-0.05, 0) is 48.6 Å². The highest BCUT2D eigenvalue weighted by Gasteiger charge is 2.38. The number of sulfonamides is 2. The van der Waals surface area contributed by atoms with Gasteiger partial charge in [0.25, 0.3) is 0 Å². The molecule has 4 rings (SSSR count). The number of nitrogens with one attached hydrogen (secondary N) is 3. The van der Waals surface area contributed by atoms with E-state index in [1.54, 1.807) is 27.8 Å². The predicted octanol–water partition coefficient (Wildman–Crippen LogP) is 2.14. The van der Waals surface area contributed by atoms with Crippen molar-refractivity contribution < 1.29 is 26.4 Å². The van der Waals surface area contributed by atoms with Gasteiger partial charge in [-0.25, -0.2) is 31.1 Å². The third-order valence-corrected chi connectivity index (χ3v) is 11.6. The summed E-state index contributed by atoms with van der Waals surface area (Å²) in [6, 6.07) is 4.81. The average molecular weight is 549 g/mol. The van der Waals surface area contributed by atoms with E-state index in [1.807, 2.05) is 0 Å². The van der Waals surface area contributed by atoms with Gasteiger partial charge in [0, 0.05) is 13.1 Å². The minimum absolute atomic E-state index is 0.0805. The van der Waals surface area contributed by atoms with Crippen molar-refractivity contribution in [3.8, 4) is 0 Å². The Morgan fingerprint density at radius 2 is 1.44 bits per heavy atom. The summed E-state index contributed by atoms with van der Waals surface area (Å²) in [6.07, 6.45) is 4.35. The van der Waals surface area contributed by atoms with Crippen LogP contribution in [0.15, 0.2) is 43.4 Å². The molecule has 3 N–H and O–H groups in total. The number of rotatable bonds is 9. The molecule has 14 heteroatoms. The molecule has 10 nitrogen and oxygen atoms in total. The molecule has 2 aromatic heterocycles. The van der Waals surface area contributed by atoms with E-state index in [-0.39, 0.29) is 34.3 Å². The maximum Gasteiger partial charge on any atom is 0.408 e. The Labute approximate surface area is 207 Å². The number of ether oxygens (including phenoxy) is 1. The molecule has 188 valence electrons. The van der Waals surface area contributed by atoms with Crippen molar-refractivity contribution in [3.63, 3.8) is 0 Å². The van der Waals surface area contributed by atoms with Crippen LogP contribution in [0.5, 0.6) is 0 Å². The fourth-order valence-electron chi connectivity index (χ4n) is 4.15. The number of hydrogen-bond acceptors (Lipinski definition) is 9. The predicted molar refractivity (Wildman–Crippen MR) is 130 cm³/mol. The summed E-state index contributed by atoms with van der Waals surface area (Å²) in [5.41, 5.74) is 0. The molecule has 2 aromatic rings. The van der Waals surface area contributed by atoms with Gasteiger partial charge in [-0.3, -0.25) is 4.90 Å². The molecule has 0 unspecified atom stereocenters. The summed E-state index contributed by atoms with van der Waals surface area (Å²) in [5, 5.41) is 6.03. The third-order valence-electron chi connectivity index (χ3n) is 5.80. The number of thiophene rings is 2. The van der Waals surface area contributed by atoms with Gasteiger partial charge >= 0.3 is 6.09 Å². The van der Waals surface area contributed by atoms with Crippen LogP contribution in [0.3, 0.4) is 0 Å². The van der Waals surface area contributed by atoms with Crippen LogP contribution in [-0.4, -0.2) is 65.8 Å². The van der Waals surface area contributed by atoms with E-state index < -0.39 is 38.2 Å². The quantitative estimate of drug-likeness (QED) is 0.437. The van der Waals surface area contributed by atoms with Crippen LogP contribution in [0.2, 0.25) is 0 Å². The molecular weight excluding hydrogens is 521 g/mol. The van der Waals surface area contributed by atoms with Crippen molar-refractivity contribution in [2.75, 3.05) is 19.8 Å². The van der Waals surface area contributed by atoms with Crippen molar-refractivity contribution in [3.05, 3.63) is 35.0 Å². The summed E-state index contributed by atoms with van der Waals surface area (Å²) in [5.74, 6) is 0. The Bertz CT molecular complexity index is 1070. The van der Waals surface area contributed by atoms with Gasteiger partial charge in [0.1, 0.15) is 14.5 Å². The van der Waals surface area contributed by atoms with E-state index >= 15 is 0 Å². The van der Waals surface area contributed by atoms with Gasteiger partial charge in [0.05, 0.1) is 18.8 Å². The Morgan fingerprint density at radius 3 is 1.91 bits per heavy atom. The van der Waals surface area contributed by atoms with E-state index in [0.717, 1.165) is 54.8 Å². The van der Waals surface area contributed by atoms with Crippen LogP contribution in [0, 0.1) is 0 Å². The number of hydrogen-bond donors (Lipinski definition) is 3. The largest absolute Gasteiger partial charge is 0.446 e. The van der Waals surface area contributed by atoms with Crippen molar-refractivity contribution in [1.29, 1.82) is 0 Å². The second-order valence-electron chi connectivity index (χ2n) is 8.36. The zero-order valence-electron chi connectivity index (χ0n) is 18.4. The molecule has 3 heterocycles. The lowest BCUT2D eigenvalue weighted by molar-refractivity contribution is 0.0719. The minimum Gasteiger partial charge on any atom is -0.446 e. The monoisotopic (exact) mass is 548 g/mol. The molecule has 1 amide bonds. The van der Waals surface area contributed by atoms with Crippen LogP contribution in [0.25, 0.3) is 0 Å². The summed E-state index contributed by atoms with van der Waals surface area (Å²) < 4.78 is 62.2. The summed E-state index contributed by atoms with van der Waals surface area (Å²) in [7, 11) is -7.64. The van der Waals surface area contributed by atoms with Crippen LogP contribution in [-0.2, 0) is 24.8 Å². The number of carbonyl (C=O) groups excluding carboxylic acids is 1. The lowest BCUT2D eigenvalue weighted by atomic mass is 9.98. The topological polar surface area (TPSA) is 134 Å². The molecule has 0 bridgehead atoms.